The fraction of sp³-hybridized carbons (Fsp3) is 0.278. The second-order valence-electron chi connectivity index (χ2n) is 6.17. The first kappa shape index (κ1) is 18.4. The van der Waals surface area contributed by atoms with Gasteiger partial charge in [0.2, 0.25) is 10.0 Å². The third-order valence-corrected chi connectivity index (χ3v) is 6.37. The minimum atomic E-state index is -3.64. The fourth-order valence-corrected chi connectivity index (χ4v) is 4.38. The number of rotatable bonds is 5. The normalized spacial score (nSPS) is 15.4. The summed E-state index contributed by atoms with van der Waals surface area (Å²) in [7, 11) is -3.64. The maximum Gasteiger partial charge on any atom is 0.243 e. The molecule has 0 amide bonds. The summed E-state index contributed by atoms with van der Waals surface area (Å²) in [5.41, 5.74) is 2.14. The summed E-state index contributed by atoms with van der Waals surface area (Å²) in [6, 6.07) is 13.8. The molecule has 28 heavy (non-hydrogen) atoms. The van der Waals surface area contributed by atoms with Crippen molar-refractivity contribution in [3.8, 4) is 6.07 Å². The monoisotopic (exact) mass is 399 g/mol. The minimum Gasteiger partial charge on any atom is -0.390 e. The molecule has 4 rings (SSSR count). The van der Waals surface area contributed by atoms with Gasteiger partial charge in [-0.3, -0.25) is 0 Å². The number of nitriles is 1. The molecule has 1 aromatic heterocycles. The van der Waals surface area contributed by atoms with Crippen LogP contribution in [0.25, 0.3) is 11.0 Å². The molecule has 1 saturated heterocycles. The number of aromatic nitrogens is 3. The highest BCUT2D eigenvalue weighted by Gasteiger charge is 2.27. The Morgan fingerprint density at radius 1 is 1.18 bits per heavy atom. The second-order valence-corrected chi connectivity index (χ2v) is 8.11. The number of hydrogen-bond acceptors (Lipinski definition) is 7. The first-order valence-electron chi connectivity index (χ1n) is 8.64. The number of hydrogen-bond donors (Lipinski definition) is 0. The van der Waals surface area contributed by atoms with E-state index >= 15 is 0 Å². The van der Waals surface area contributed by atoms with Gasteiger partial charge in [-0.15, -0.1) is 5.10 Å². The first-order chi connectivity index (χ1) is 13.6. The Bertz CT molecular complexity index is 1150. The van der Waals surface area contributed by atoms with Crippen molar-refractivity contribution in [2.24, 2.45) is 0 Å². The summed E-state index contributed by atoms with van der Waals surface area (Å²) in [6.07, 6.45) is 0. The van der Waals surface area contributed by atoms with Crippen LogP contribution in [0.2, 0.25) is 0 Å². The van der Waals surface area contributed by atoms with Gasteiger partial charge in [-0.1, -0.05) is 23.0 Å². The standard InChI is InChI=1S/C18H17N5O4S/c19-12-14-3-1-2-4-15(14)13-27-23-18-11-16(5-6-17(18)20-21-23)28(24,25)22-7-9-26-10-8-22/h1-6,11H,7-10,13H2. The second kappa shape index (κ2) is 7.55. The SMILES string of the molecule is N#Cc1ccccc1COn1nnc2ccc(S(=O)(=O)N3CCOCC3)cc21. The quantitative estimate of drug-likeness (QED) is 0.628. The number of nitrogens with zero attached hydrogens (tertiary/aromatic N) is 5. The summed E-state index contributed by atoms with van der Waals surface area (Å²) in [6.45, 7) is 1.49. The summed E-state index contributed by atoms with van der Waals surface area (Å²) in [4.78, 5) is 6.99. The van der Waals surface area contributed by atoms with Gasteiger partial charge in [0.25, 0.3) is 0 Å². The van der Waals surface area contributed by atoms with Crippen LogP contribution in [0, 0.1) is 11.3 Å². The van der Waals surface area contributed by atoms with Crippen LogP contribution < -0.4 is 4.84 Å². The number of sulfonamides is 1. The molecule has 10 heteroatoms. The van der Waals surface area contributed by atoms with Crippen LogP contribution in [-0.2, 0) is 21.4 Å². The van der Waals surface area contributed by atoms with E-state index in [2.05, 4.69) is 16.4 Å². The Balaban J connectivity index is 1.62. The molecule has 144 valence electrons. The maximum atomic E-state index is 12.9. The topological polar surface area (TPSA) is 110 Å². The van der Waals surface area contributed by atoms with Gasteiger partial charge in [0, 0.05) is 18.7 Å². The Hall–Kier alpha value is -3.00. The van der Waals surface area contributed by atoms with Gasteiger partial charge in [0.15, 0.2) is 0 Å². The van der Waals surface area contributed by atoms with Gasteiger partial charge >= 0.3 is 0 Å². The van der Waals surface area contributed by atoms with Crippen LogP contribution in [0.4, 0.5) is 0 Å². The summed E-state index contributed by atoms with van der Waals surface area (Å²) in [5, 5.41) is 17.1. The lowest BCUT2D eigenvalue weighted by atomic mass is 10.1. The van der Waals surface area contributed by atoms with Gasteiger partial charge in [-0.2, -0.15) is 9.57 Å². The minimum absolute atomic E-state index is 0.0998. The van der Waals surface area contributed by atoms with Crippen molar-refractivity contribution in [2.45, 2.75) is 11.5 Å². The van der Waals surface area contributed by atoms with Crippen LogP contribution in [0.3, 0.4) is 0 Å². The van der Waals surface area contributed by atoms with Gasteiger partial charge in [-0.25, -0.2) is 8.42 Å². The zero-order valence-corrected chi connectivity index (χ0v) is 15.7. The van der Waals surface area contributed by atoms with E-state index in [1.54, 1.807) is 24.3 Å². The van der Waals surface area contributed by atoms with Crippen LogP contribution in [0.5, 0.6) is 0 Å². The lowest BCUT2D eigenvalue weighted by Crippen LogP contribution is -2.40. The van der Waals surface area contributed by atoms with E-state index in [-0.39, 0.29) is 11.5 Å². The zero-order chi connectivity index (χ0) is 19.6. The zero-order valence-electron chi connectivity index (χ0n) is 14.9. The predicted molar refractivity (Wildman–Crippen MR) is 98.5 cm³/mol. The van der Waals surface area contributed by atoms with E-state index in [1.807, 2.05) is 6.07 Å². The van der Waals surface area contributed by atoms with Crippen LogP contribution >= 0.6 is 0 Å². The highest BCUT2D eigenvalue weighted by atomic mass is 32.2. The van der Waals surface area contributed by atoms with Crippen molar-refractivity contribution in [3.05, 3.63) is 53.6 Å². The Morgan fingerprint density at radius 3 is 2.75 bits per heavy atom. The highest BCUT2D eigenvalue weighted by Crippen LogP contribution is 2.21. The van der Waals surface area contributed by atoms with E-state index in [0.29, 0.717) is 48.5 Å². The molecule has 0 saturated carbocycles. The third-order valence-electron chi connectivity index (χ3n) is 4.47. The largest absolute Gasteiger partial charge is 0.390 e. The molecule has 1 fully saturated rings. The molecule has 0 spiro atoms. The molecule has 3 aromatic rings. The molecule has 0 unspecified atom stereocenters. The number of fused-ring (bicyclic) bond motifs is 1. The molecule has 0 atom stereocenters. The van der Waals surface area contributed by atoms with E-state index in [1.165, 1.54) is 21.3 Å². The van der Waals surface area contributed by atoms with Crippen molar-refractivity contribution in [1.29, 1.82) is 5.26 Å². The predicted octanol–water partition coefficient (Wildman–Crippen LogP) is 0.953. The van der Waals surface area contributed by atoms with E-state index in [4.69, 9.17) is 9.57 Å². The lowest BCUT2D eigenvalue weighted by Gasteiger charge is -2.26. The first-order valence-corrected chi connectivity index (χ1v) is 10.1. The molecule has 0 bridgehead atoms. The van der Waals surface area contributed by atoms with Crippen molar-refractivity contribution in [2.75, 3.05) is 26.3 Å². The van der Waals surface area contributed by atoms with Crippen LogP contribution in [0.15, 0.2) is 47.4 Å². The number of ether oxygens (including phenoxy) is 1. The van der Waals surface area contributed by atoms with Crippen molar-refractivity contribution in [1.82, 2.24) is 19.5 Å². The fourth-order valence-electron chi connectivity index (χ4n) is 2.96. The van der Waals surface area contributed by atoms with Crippen molar-refractivity contribution >= 4 is 21.1 Å². The van der Waals surface area contributed by atoms with E-state index < -0.39 is 10.0 Å². The van der Waals surface area contributed by atoms with Crippen LogP contribution in [0.1, 0.15) is 11.1 Å². The molecular formula is C18H17N5O4S. The molecule has 9 nitrogen and oxygen atoms in total. The summed E-state index contributed by atoms with van der Waals surface area (Å²) in [5.74, 6) is 0. The van der Waals surface area contributed by atoms with Gasteiger partial charge in [0.05, 0.1) is 29.7 Å². The highest BCUT2D eigenvalue weighted by molar-refractivity contribution is 7.89. The van der Waals surface area contributed by atoms with Gasteiger partial charge < -0.3 is 9.57 Å². The van der Waals surface area contributed by atoms with Gasteiger partial charge in [0.1, 0.15) is 17.6 Å². The molecule has 0 aliphatic carbocycles. The lowest BCUT2D eigenvalue weighted by molar-refractivity contribution is 0.0729. The molecule has 2 aromatic carbocycles. The molecular weight excluding hydrogens is 382 g/mol. The molecule has 1 aliphatic rings. The molecule has 0 N–H and O–H groups in total. The third kappa shape index (κ3) is 3.43. The maximum absolute atomic E-state index is 12.9. The number of morpholine rings is 1. The summed E-state index contributed by atoms with van der Waals surface area (Å²) >= 11 is 0. The van der Waals surface area contributed by atoms with Crippen molar-refractivity contribution < 1.29 is 18.0 Å². The van der Waals surface area contributed by atoms with E-state index in [9.17, 15) is 13.7 Å². The van der Waals surface area contributed by atoms with E-state index in [0.717, 1.165) is 0 Å². The number of benzene rings is 2. The Kier molecular flexibility index (Phi) is 4.95. The smallest absolute Gasteiger partial charge is 0.243 e. The van der Waals surface area contributed by atoms with Crippen molar-refractivity contribution in [3.63, 3.8) is 0 Å². The molecule has 2 heterocycles. The van der Waals surface area contributed by atoms with Gasteiger partial charge in [-0.05, 0) is 29.5 Å². The Morgan fingerprint density at radius 2 is 1.96 bits per heavy atom. The van der Waals surface area contributed by atoms with Crippen LogP contribution in [-0.4, -0.2) is 54.2 Å². The Labute approximate surface area is 161 Å². The summed E-state index contributed by atoms with van der Waals surface area (Å²) < 4.78 is 32.4. The average molecular weight is 399 g/mol. The molecule has 1 aliphatic heterocycles. The average Bonchev–Trinajstić information content (AvgIpc) is 3.15. The molecule has 0 radical (unpaired) electrons.